The van der Waals surface area contributed by atoms with Crippen LogP contribution < -0.4 is 5.73 Å². The van der Waals surface area contributed by atoms with Gasteiger partial charge in [-0.15, -0.1) is 0 Å². The number of nitrogens with two attached hydrogens (primary N) is 1. The third kappa shape index (κ3) is 1.70. The molecule has 0 radical (unpaired) electrons. The average molecular weight is 220 g/mol. The van der Waals surface area contributed by atoms with E-state index in [0.29, 0.717) is 0 Å². The summed E-state index contributed by atoms with van der Waals surface area (Å²) in [5, 5.41) is 12.4. The lowest BCUT2D eigenvalue weighted by Crippen LogP contribution is -2.02. The second-order valence-corrected chi connectivity index (χ2v) is 3.11. The summed E-state index contributed by atoms with van der Waals surface area (Å²) in [6, 6.07) is 6.01. The van der Waals surface area contributed by atoms with Crippen molar-refractivity contribution < 1.29 is 8.78 Å². The van der Waals surface area contributed by atoms with Crippen LogP contribution in [0.1, 0.15) is 5.69 Å². The Labute approximate surface area is 89.5 Å². The maximum absolute atomic E-state index is 12.9. The molecule has 6 heteroatoms. The van der Waals surface area contributed by atoms with Crippen LogP contribution >= 0.6 is 0 Å². The Kier molecular flexibility index (Phi) is 2.29. The maximum atomic E-state index is 12.9. The van der Waals surface area contributed by atoms with E-state index in [1.165, 1.54) is 6.07 Å². The van der Waals surface area contributed by atoms with Crippen molar-refractivity contribution >= 4 is 5.82 Å². The largest absolute Gasteiger partial charge is 0.384 e. The van der Waals surface area contributed by atoms with Gasteiger partial charge < -0.3 is 5.73 Å². The number of hydrogen-bond donors (Lipinski definition) is 1. The molecule has 1 aromatic carbocycles. The van der Waals surface area contributed by atoms with Crippen molar-refractivity contribution in [1.82, 2.24) is 9.78 Å². The van der Waals surface area contributed by atoms with E-state index < -0.39 is 11.6 Å². The van der Waals surface area contributed by atoms with Gasteiger partial charge in [0.25, 0.3) is 0 Å². The van der Waals surface area contributed by atoms with Gasteiger partial charge in [-0.25, -0.2) is 13.5 Å². The second kappa shape index (κ2) is 3.62. The van der Waals surface area contributed by atoms with Crippen LogP contribution in [0.15, 0.2) is 24.3 Å². The lowest BCUT2D eigenvalue weighted by Gasteiger charge is -2.03. The maximum Gasteiger partial charge on any atom is 0.165 e. The van der Waals surface area contributed by atoms with Gasteiger partial charge in [0.2, 0.25) is 0 Å². The van der Waals surface area contributed by atoms with Crippen molar-refractivity contribution in [2.75, 3.05) is 5.73 Å². The number of rotatable bonds is 1. The van der Waals surface area contributed by atoms with Gasteiger partial charge in [-0.1, -0.05) is 0 Å². The molecule has 0 aliphatic rings. The van der Waals surface area contributed by atoms with E-state index >= 15 is 0 Å². The molecule has 0 saturated heterocycles. The molecule has 1 heterocycles. The Morgan fingerprint density at radius 2 is 1.81 bits per heavy atom. The molecule has 2 aromatic rings. The van der Waals surface area contributed by atoms with Gasteiger partial charge in [0.15, 0.2) is 5.69 Å². The number of anilines is 1. The van der Waals surface area contributed by atoms with E-state index in [4.69, 9.17) is 11.0 Å². The summed E-state index contributed by atoms with van der Waals surface area (Å²) in [5.74, 6) is -1.33. The number of aromatic nitrogens is 2. The van der Waals surface area contributed by atoms with E-state index in [1.54, 1.807) is 6.07 Å². The molecule has 0 atom stereocenters. The summed E-state index contributed by atoms with van der Waals surface area (Å²) >= 11 is 0. The fourth-order valence-electron chi connectivity index (χ4n) is 1.32. The number of nitriles is 1. The molecular formula is C10H6F2N4. The highest BCUT2D eigenvalue weighted by atomic mass is 19.1. The summed E-state index contributed by atoms with van der Waals surface area (Å²) in [7, 11) is 0. The molecule has 80 valence electrons. The van der Waals surface area contributed by atoms with Crippen molar-refractivity contribution in [2.45, 2.75) is 0 Å². The fourth-order valence-corrected chi connectivity index (χ4v) is 1.32. The van der Waals surface area contributed by atoms with Crippen LogP contribution in [0.2, 0.25) is 0 Å². The molecule has 0 saturated carbocycles. The first-order valence-corrected chi connectivity index (χ1v) is 4.32. The summed E-state index contributed by atoms with van der Waals surface area (Å²) in [4.78, 5) is 0. The number of nitrogens with zero attached hydrogens (tertiary/aromatic N) is 3. The van der Waals surface area contributed by atoms with Crippen molar-refractivity contribution in [3.05, 3.63) is 41.6 Å². The van der Waals surface area contributed by atoms with Crippen LogP contribution in [0.5, 0.6) is 0 Å². The smallest absolute Gasteiger partial charge is 0.165 e. The molecule has 0 fully saturated rings. The minimum absolute atomic E-state index is 0.0853. The molecule has 2 rings (SSSR count). The van der Waals surface area contributed by atoms with E-state index in [2.05, 4.69) is 5.10 Å². The molecule has 0 amide bonds. The van der Waals surface area contributed by atoms with Crippen molar-refractivity contribution in [2.24, 2.45) is 0 Å². The normalized spacial score (nSPS) is 10.1. The molecule has 16 heavy (non-hydrogen) atoms. The summed E-state index contributed by atoms with van der Waals surface area (Å²) in [6.45, 7) is 0. The van der Waals surface area contributed by atoms with Crippen LogP contribution in [0.3, 0.4) is 0 Å². The van der Waals surface area contributed by atoms with Gasteiger partial charge in [0.1, 0.15) is 23.5 Å². The van der Waals surface area contributed by atoms with Crippen LogP contribution in [0, 0.1) is 23.0 Å². The summed E-state index contributed by atoms with van der Waals surface area (Å²) in [5.41, 5.74) is 5.77. The molecule has 0 spiro atoms. The van der Waals surface area contributed by atoms with Crippen LogP contribution in [-0.4, -0.2) is 9.78 Å². The highest BCUT2D eigenvalue weighted by Gasteiger charge is 2.08. The third-order valence-corrected chi connectivity index (χ3v) is 1.94. The average Bonchev–Trinajstić information content (AvgIpc) is 2.58. The van der Waals surface area contributed by atoms with Crippen LogP contribution in [0.4, 0.5) is 14.6 Å². The Morgan fingerprint density at radius 3 is 2.31 bits per heavy atom. The molecule has 4 nitrogen and oxygen atoms in total. The topological polar surface area (TPSA) is 67.6 Å². The standard InChI is InChI=1S/C10H6F2N4/c11-6-1-7(12)3-9(2-6)16-10(14)4-8(5-13)15-16/h1-4H,14H2. The number of halogens is 2. The van der Waals surface area contributed by atoms with Crippen molar-refractivity contribution in [3.8, 4) is 11.8 Å². The van der Waals surface area contributed by atoms with Gasteiger partial charge in [-0.05, 0) is 12.1 Å². The molecule has 0 aliphatic carbocycles. The Morgan fingerprint density at radius 1 is 1.19 bits per heavy atom. The van der Waals surface area contributed by atoms with E-state index in [0.717, 1.165) is 22.9 Å². The SMILES string of the molecule is N#Cc1cc(N)n(-c2cc(F)cc(F)c2)n1. The lowest BCUT2D eigenvalue weighted by atomic mass is 10.3. The van der Waals surface area contributed by atoms with Gasteiger partial charge in [0, 0.05) is 12.1 Å². The molecular weight excluding hydrogens is 214 g/mol. The molecule has 2 N–H and O–H groups in total. The minimum Gasteiger partial charge on any atom is -0.384 e. The highest BCUT2D eigenvalue weighted by Crippen LogP contribution is 2.16. The first-order chi connectivity index (χ1) is 7.60. The number of benzene rings is 1. The Balaban J connectivity index is 2.58. The first-order valence-electron chi connectivity index (χ1n) is 4.32. The number of nitrogen functional groups attached to an aromatic ring is 1. The Bertz CT molecular complexity index is 563. The monoisotopic (exact) mass is 220 g/mol. The molecule has 1 aromatic heterocycles. The fraction of sp³-hybridized carbons (Fsp3) is 0. The third-order valence-electron chi connectivity index (χ3n) is 1.94. The van der Waals surface area contributed by atoms with Gasteiger partial charge in [-0.3, -0.25) is 0 Å². The van der Waals surface area contributed by atoms with Crippen molar-refractivity contribution in [3.63, 3.8) is 0 Å². The zero-order valence-corrected chi connectivity index (χ0v) is 7.98. The van der Waals surface area contributed by atoms with Crippen LogP contribution in [0.25, 0.3) is 5.69 Å². The minimum atomic E-state index is -0.733. The predicted molar refractivity (Wildman–Crippen MR) is 52.6 cm³/mol. The van der Waals surface area contributed by atoms with E-state index in [9.17, 15) is 8.78 Å². The number of hydrogen-bond acceptors (Lipinski definition) is 3. The zero-order chi connectivity index (χ0) is 11.7. The first kappa shape index (κ1) is 10.1. The van der Waals surface area contributed by atoms with Crippen LogP contribution in [-0.2, 0) is 0 Å². The molecule has 0 aliphatic heterocycles. The molecule has 0 bridgehead atoms. The van der Waals surface area contributed by atoms with Crippen molar-refractivity contribution in [1.29, 1.82) is 5.26 Å². The zero-order valence-electron chi connectivity index (χ0n) is 7.98. The quantitative estimate of drug-likeness (QED) is 0.793. The Hall–Kier alpha value is -2.42. The second-order valence-electron chi connectivity index (χ2n) is 3.11. The molecule has 0 unspecified atom stereocenters. The summed E-state index contributed by atoms with van der Waals surface area (Å²) < 4.78 is 27.0. The predicted octanol–water partition coefficient (Wildman–Crippen LogP) is 1.60. The van der Waals surface area contributed by atoms with Gasteiger partial charge >= 0.3 is 0 Å². The highest BCUT2D eigenvalue weighted by molar-refractivity contribution is 5.45. The summed E-state index contributed by atoms with van der Waals surface area (Å²) in [6.07, 6.45) is 0. The lowest BCUT2D eigenvalue weighted by molar-refractivity contribution is 0.580. The van der Waals surface area contributed by atoms with E-state index in [-0.39, 0.29) is 17.2 Å². The van der Waals surface area contributed by atoms with Gasteiger partial charge in [0.05, 0.1) is 5.69 Å². The van der Waals surface area contributed by atoms with E-state index in [1.807, 2.05) is 0 Å². The van der Waals surface area contributed by atoms with Gasteiger partial charge in [-0.2, -0.15) is 10.4 Å².